The third kappa shape index (κ3) is 7.08. The Morgan fingerprint density at radius 1 is 1.30 bits per heavy atom. The first-order valence-corrected chi connectivity index (χ1v) is 13.1. The maximum Gasteiger partial charge on any atom is 0.355 e. The Morgan fingerprint density at radius 2 is 2.07 bits per heavy atom. The van der Waals surface area contributed by atoms with E-state index < -0.39 is 11.6 Å². The number of hydrogen-bond acceptors (Lipinski definition) is 6. The summed E-state index contributed by atoms with van der Waals surface area (Å²) < 4.78 is 0.769. The molecule has 7 heteroatoms. The van der Waals surface area contributed by atoms with Crippen molar-refractivity contribution in [3.8, 4) is 0 Å². The molecule has 1 aromatic rings. The molecule has 2 aliphatic rings. The summed E-state index contributed by atoms with van der Waals surface area (Å²) >= 11 is 2.93. The maximum absolute atomic E-state index is 10.9. The Balaban J connectivity index is 1.45. The van der Waals surface area contributed by atoms with Gasteiger partial charge in [-0.3, -0.25) is 0 Å². The van der Waals surface area contributed by atoms with E-state index in [2.05, 4.69) is 17.1 Å². The number of hydrogen-bond donors (Lipinski definition) is 3. The van der Waals surface area contributed by atoms with Crippen LogP contribution >= 0.6 is 23.1 Å². The number of carboxylic acid groups (broad SMARTS) is 1. The van der Waals surface area contributed by atoms with E-state index in [0.29, 0.717) is 18.3 Å². The minimum Gasteiger partial charge on any atom is -0.476 e. The van der Waals surface area contributed by atoms with Gasteiger partial charge in [-0.15, -0.1) is 11.3 Å². The highest BCUT2D eigenvalue weighted by Gasteiger charge is 2.33. The van der Waals surface area contributed by atoms with Gasteiger partial charge in [0.25, 0.3) is 0 Å². The molecule has 0 spiro atoms. The number of allylic oxidation sites excluding steroid dienone is 1. The van der Waals surface area contributed by atoms with Gasteiger partial charge in [-0.25, -0.2) is 9.78 Å². The van der Waals surface area contributed by atoms with Gasteiger partial charge in [-0.1, -0.05) is 56.0 Å². The lowest BCUT2D eigenvalue weighted by molar-refractivity contribution is 0.0302. The predicted molar refractivity (Wildman–Crippen MR) is 122 cm³/mol. The van der Waals surface area contributed by atoms with Crippen molar-refractivity contribution in [2.75, 3.05) is 5.75 Å². The van der Waals surface area contributed by atoms with Crippen LogP contribution in [0.3, 0.4) is 0 Å². The van der Waals surface area contributed by atoms with Crippen molar-refractivity contribution in [2.24, 2.45) is 17.8 Å². The molecule has 0 radical (unpaired) electrons. The molecule has 5 nitrogen and oxygen atoms in total. The highest BCUT2D eigenvalue weighted by Crippen LogP contribution is 2.38. The molecule has 3 rings (SSSR count). The second-order valence-electron chi connectivity index (χ2n) is 9.25. The molecular formula is C23H35NO4S2. The monoisotopic (exact) mass is 453 g/mol. The van der Waals surface area contributed by atoms with Crippen molar-refractivity contribution in [1.82, 2.24) is 4.98 Å². The van der Waals surface area contributed by atoms with E-state index >= 15 is 0 Å². The molecule has 3 N–H and O–H groups in total. The minimum absolute atomic E-state index is 0.101. The van der Waals surface area contributed by atoms with Crippen LogP contribution in [0.1, 0.15) is 81.6 Å². The molecule has 1 aromatic heterocycles. The normalized spacial score (nSPS) is 27.5. The van der Waals surface area contributed by atoms with Crippen LogP contribution in [0.15, 0.2) is 21.9 Å². The predicted octanol–water partition coefficient (Wildman–Crippen LogP) is 5.38. The Hall–Kier alpha value is -0.890. The Labute approximate surface area is 188 Å². The summed E-state index contributed by atoms with van der Waals surface area (Å²) in [4.78, 5) is 15.1. The van der Waals surface area contributed by atoms with Crippen LogP contribution < -0.4 is 0 Å². The lowest BCUT2D eigenvalue weighted by atomic mass is 9.80. The van der Waals surface area contributed by atoms with Gasteiger partial charge in [0.1, 0.15) is 0 Å². The number of nitrogens with zero attached hydrogens (tertiary/aromatic N) is 1. The number of aliphatic hydroxyl groups excluding tert-OH is 1. The van der Waals surface area contributed by atoms with Crippen molar-refractivity contribution in [3.63, 3.8) is 0 Å². The average molecular weight is 454 g/mol. The van der Waals surface area contributed by atoms with Gasteiger partial charge < -0.3 is 15.3 Å². The van der Waals surface area contributed by atoms with Gasteiger partial charge in [-0.05, 0) is 56.8 Å². The number of carbonyl (C=O) groups is 1. The van der Waals surface area contributed by atoms with E-state index in [-0.39, 0.29) is 17.7 Å². The van der Waals surface area contributed by atoms with E-state index in [0.717, 1.165) is 35.8 Å². The van der Waals surface area contributed by atoms with E-state index in [1.807, 2.05) is 6.92 Å². The molecule has 168 valence electrons. The van der Waals surface area contributed by atoms with Gasteiger partial charge in [0.05, 0.1) is 11.7 Å². The van der Waals surface area contributed by atoms with Crippen molar-refractivity contribution in [1.29, 1.82) is 0 Å². The van der Waals surface area contributed by atoms with Crippen LogP contribution in [0.4, 0.5) is 0 Å². The summed E-state index contributed by atoms with van der Waals surface area (Å²) in [5.74, 6) is 1.05. The van der Waals surface area contributed by atoms with E-state index in [1.54, 1.807) is 17.1 Å². The van der Waals surface area contributed by atoms with Gasteiger partial charge >= 0.3 is 5.97 Å². The van der Waals surface area contributed by atoms with Gasteiger partial charge in [0.2, 0.25) is 0 Å². The SMILES string of the molecule is CC(O)(CC=CC1CCC(O)C1CCSc1nc(C(=O)O)cs1)CC1CCCCC1. The molecule has 0 saturated heterocycles. The number of aromatic nitrogens is 1. The largest absolute Gasteiger partial charge is 0.476 e. The molecule has 0 aliphatic heterocycles. The Morgan fingerprint density at radius 3 is 2.77 bits per heavy atom. The second-order valence-corrected chi connectivity index (χ2v) is 11.5. The number of carboxylic acids is 1. The third-order valence-corrected chi connectivity index (χ3v) is 8.67. The fourth-order valence-electron chi connectivity index (χ4n) is 5.02. The molecule has 0 aromatic carbocycles. The maximum atomic E-state index is 10.9. The number of thiazole rings is 1. The molecule has 0 amide bonds. The molecule has 2 fully saturated rings. The molecule has 30 heavy (non-hydrogen) atoms. The van der Waals surface area contributed by atoms with Crippen LogP contribution in [0.5, 0.6) is 0 Å². The van der Waals surface area contributed by atoms with Crippen LogP contribution in [0.25, 0.3) is 0 Å². The lowest BCUT2D eigenvalue weighted by Gasteiger charge is -2.30. The van der Waals surface area contributed by atoms with E-state index in [4.69, 9.17) is 5.11 Å². The highest BCUT2D eigenvalue weighted by molar-refractivity contribution is 8.01. The first-order chi connectivity index (χ1) is 14.3. The minimum atomic E-state index is -0.992. The fourth-order valence-corrected chi connectivity index (χ4v) is 6.93. The van der Waals surface area contributed by atoms with Crippen molar-refractivity contribution >= 4 is 29.1 Å². The second kappa shape index (κ2) is 11.1. The third-order valence-electron chi connectivity index (χ3n) is 6.61. The molecule has 0 bridgehead atoms. The van der Waals surface area contributed by atoms with Crippen LogP contribution in [-0.4, -0.2) is 43.7 Å². The zero-order valence-electron chi connectivity index (χ0n) is 17.8. The zero-order valence-corrected chi connectivity index (χ0v) is 19.5. The molecule has 2 saturated carbocycles. The summed E-state index contributed by atoms with van der Waals surface area (Å²) in [5, 5.41) is 31.8. The van der Waals surface area contributed by atoms with E-state index in [1.165, 1.54) is 43.4 Å². The molecule has 1 heterocycles. The zero-order chi connectivity index (χ0) is 21.6. The number of aliphatic hydroxyl groups is 2. The van der Waals surface area contributed by atoms with Crippen LogP contribution in [0.2, 0.25) is 0 Å². The standard InChI is InChI=1S/C23H35NO4S2/c1-23(28,14-16-6-3-2-4-7-16)12-5-8-17-9-10-20(25)18(17)11-13-29-22-24-19(15-30-22)21(26)27/h5,8,15-18,20,25,28H,2-4,6-7,9-14H2,1H3,(H,26,27). The van der Waals surface area contributed by atoms with Gasteiger partial charge in [0.15, 0.2) is 10.0 Å². The van der Waals surface area contributed by atoms with Crippen molar-refractivity contribution in [2.45, 2.75) is 87.2 Å². The molecular weight excluding hydrogens is 418 g/mol. The summed E-state index contributed by atoms with van der Waals surface area (Å²) in [6.45, 7) is 1.96. The molecule has 4 atom stereocenters. The number of aromatic carboxylic acids is 1. The van der Waals surface area contributed by atoms with Gasteiger partial charge in [-0.2, -0.15) is 0 Å². The van der Waals surface area contributed by atoms with Crippen molar-refractivity contribution in [3.05, 3.63) is 23.2 Å². The molecule has 2 aliphatic carbocycles. The summed E-state index contributed by atoms with van der Waals surface area (Å²) in [6, 6.07) is 0. The quantitative estimate of drug-likeness (QED) is 0.325. The average Bonchev–Trinajstić information content (AvgIpc) is 3.30. The first-order valence-electron chi connectivity index (χ1n) is 11.2. The summed E-state index contributed by atoms with van der Waals surface area (Å²) in [7, 11) is 0. The van der Waals surface area contributed by atoms with E-state index in [9.17, 15) is 15.0 Å². The smallest absolute Gasteiger partial charge is 0.355 e. The topological polar surface area (TPSA) is 90.7 Å². The number of thioether (sulfide) groups is 1. The molecule has 4 unspecified atom stereocenters. The summed E-state index contributed by atoms with van der Waals surface area (Å²) in [5.41, 5.74) is -0.544. The fraction of sp³-hybridized carbons (Fsp3) is 0.739. The van der Waals surface area contributed by atoms with Crippen molar-refractivity contribution < 1.29 is 20.1 Å². The number of rotatable bonds is 10. The summed E-state index contributed by atoms with van der Waals surface area (Å²) in [6.07, 6.45) is 14.7. The highest BCUT2D eigenvalue weighted by atomic mass is 32.2. The first kappa shape index (κ1) is 23.8. The van der Waals surface area contributed by atoms with Crippen LogP contribution in [0, 0.1) is 17.8 Å². The van der Waals surface area contributed by atoms with Crippen LogP contribution in [-0.2, 0) is 0 Å². The Kier molecular flexibility index (Phi) is 8.81. The lowest BCUT2D eigenvalue weighted by Crippen LogP contribution is -2.28. The van der Waals surface area contributed by atoms with Gasteiger partial charge in [0, 0.05) is 11.1 Å². The Bertz CT molecular complexity index is 712.